The number of hydrogen-bond donors (Lipinski definition) is 1. The van der Waals surface area contributed by atoms with E-state index in [4.69, 9.17) is 16.3 Å². The number of amides is 1. The Labute approximate surface area is 140 Å². The molecule has 1 amide bonds. The third-order valence-corrected chi connectivity index (χ3v) is 3.60. The molecule has 24 heavy (non-hydrogen) atoms. The summed E-state index contributed by atoms with van der Waals surface area (Å²) < 4.78 is 32.2. The fourth-order valence-electron chi connectivity index (χ4n) is 2.33. The minimum Gasteiger partial charge on any atom is -0.423 e. The van der Waals surface area contributed by atoms with Crippen LogP contribution in [0.4, 0.5) is 20.2 Å². The number of para-hydroxylation sites is 1. The topological polar surface area (TPSA) is 58.6 Å². The summed E-state index contributed by atoms with van der Waals surface area (Å²) in [7, 11) is 0. The van der Waals surface area contributed by atoms with Gasteiger partial charge in [-0.15, -0.1) is 0 Å². The molecular formula is C16H11ClF2N2O3. The van der Waals surface area contributed by atoms with Gasteiger partial charge in [0.2, 0.25) is 5.91 Å². The second-order valence-electron chi connectivity index (χ2n) is 5.09. The molecule has 0 atom stereocenters. The van der Waals surface area contributed by atoms with Crippen molar-refractivity contribution in [3.05, 3.63) is 53.1 Å². The first-order chi connectivity index (χ1) is 11.4. The maximum Gasteiger partial charge on any atom is 0.331 e. The van der Waals surface area contributed by atoms with Gasteiger partial charge in [-0.3, -0.25) is 4.79 Å². The van der Waals surface area contributed by atoms with Crippen LogP contribution in [0.1, 0.15) is 0 Å². The molecule has 124 valence electrons. The van der Waals surface area contributed by atoms with E-state index >= 15 is 0 Å². The van der Waals surface area contributed by atoms with Crippen LogP contribution >= 0.6 is 11.6 Å². The minimum atomic E-state index is -0.884. The molecule has 1 aliphatic rings. The van der Waals surface area contributed by atoms with Crippen molar-refractivity contribution in [2.75, 3.05) is 23.3 Å². The van der Waals surface area contributed by atoms with Gasteiger partial charge >= 0.3 is 5.97 Å². The Morgan fingerprint density at radius 2 is 1.96 bits per heavy atom. The summed E-state index contributed by atoms with van der Waals surface area (Å²) in [6.07, 6.45) is 0. The highest BCUT2D eigenvalue weighted by molar-refractivity contribution is 6.31. The summed E-state index contributed by atoms with van der Waals surface area (Å²) in [5.41, 5.74) is -0.0836. The molecule has 5 nitrogen and oxygen atoms in total. The van der Waals surface area contributed by atoms with E-state index in [1.807, 2.05) is 0 Å². The average molecular weight is 353 g/mol. The number of ether oxygens (including phenoxy) is 1. The highest BCUT2D eigenvalue weighted by atomic mass is 35.5. The van der Waals surface area contributed by atoms with Gasteiger partial charge < -0.3 is 15.0 Å². The average Bonchev–Trinajstić information content (AvgIpc) is 2.52. The van der Waals surface area contributed by atoms with E-state index in [1.165, 1.54) is 17.0 Å². The molecule has 0 saturated carbocycles. The monoisotopic (exact) mass is 352 g/mol. The molecule has 0 fully saturated rings. The van der Waals surface area contributed by atoms with Crippen molar-refractivity contribution in [2.45, 2.75) is 0 Å². The Morgan fingerprint density at radius 3 is 2.67 bits per heavy atom. The van der Waals surface area contributed by atoms with E-state index < -0.39 is 29.2 Å². The lowest BCUT2D eigenvalue weighted by atomic mass is 10.2. The third-order valence-electron chi connectivity index (χ3n) is 3.37. The van der Waals surface area contributed by atoms with E-state index in [9.17, 15) is 18.4 Å². The SMILES string of the molecule is O=C(CN1CC(=O)Oc2ccc(Cl)cc21)Nc1c(F)cccc1F. The number of nitrogens with one attached hydrogen (secondary N) is 1. The zero-order chi connectivity index (χ0) is 17.3. The van der Waals surface area contributed by atoms with E-state index in [0.29, 0.717) is 10.7 Å². The number of carbonyl (C=O) groups is 2. The number of anilines is 2. The van der Waals surface area contributed by atoms with Crippen molar-refractivity contribution in [3.63, 3.8) is 0 Å². The number of esters is 1. The lowest BCUT2D eigenvalue weighted by molar-refractivity contribution is -0.133. The van der Waals surface area contributed by atoms with Gasteiger partial charge in [0.15, 0.2) is 5.75 Å². The van der Waals surface area contributed by atoms with Crippen LogP contribution in [-0.2, 0) is 9.59 Å². The van der Waals surface area contributed by atoms with Gasteiger partial charge in [0.25, 0.3) is 0 Å². The Hall–Kier alpha value is -2.67. The number of hydrogen-bond acceptors (Lipinski definition) is 4. The predicted octanol–water partition coefficient (Wildman–Crippen LogP) is 2.98. The van der Waals surface area contributed by atoms with Gasteiger partial charge in [-0.05, 0) is 30.3 Å². The van der Waals surface area contributed by atoms with Crippen molar-refractivity contribution < 1.29 is 23.1 Å². The van der Waals surface area contributed by atoms with Crippen molar-refractivity contribution in [1.82, 2.24) is 0 Å². The smallest absolute Gasteiger partial charge is 0.331 e. The van der Waals surface area contributed by atoms with Crippen molar-refractivity contribution >= 4 is 34.9 Å². The van der Waals surface area contributed by atoms with E-state index in [2.05, 4.69) is 5.32 Å². The van der Waals surface area contributed by atoms with Crippen LogP contribution in [0.5, 0.6) is 5.75 Å². The van der Waals surface area contributed by atoms with Gasteiger partial charge in [-0.1, -0.05) is 17.7 Å². The lowest BCUT2D eigenvalue weighted by Gasteiger charge is -2.29. The number of benzene rings is 2. The number of carbonyl (C=O) groups excluding carboxylic acids is 2. The zero-order valence-corrected chi connectivity index (χ0v) is 12.9. The van der Waals surface area contributed by atoms with E-state index in [-0.39, 0.29) is 18.8 Å². The largest absolute Gasteiger partial charge is 0.423 e. The van der Waals surface area contributed by atoms with Crippen LogP contribution in [0.15, 0.2) is 36.4 Å². The fraction of sp³-hybridized carbons (Fsp3) is 0.125. The molecule has 0 aliphatic carbocycles. The summed E-state index contributed by atoms with van der Waals surface area (Å²) in [5.74, 6) is -2.73. The maximum absolute atomic E-state index is 13.6. The molecule has 0 aromatic heterocycles. The quantitative estimate of drug-likeness (QED) is 0.681. The molecule has 0 radical (unpaired) electrons. The number of fused-ring (bicyclic) bond motifs is 1. The van der Waals surface area contributed by atoms with Gasteiger partial charge in [0.1, 0.15) is 23.9 Å². The Morgan fingerprint density at radius 1 is 1.25 bits per heavy atom. The van der Waals surface area contributed by atoms with Crippen molar-refractivity contribution in [1.29, 1.82) is 0 Å². The molecule has 0 bridgehead atoms. The zero-order valence-electron chi connectivity index (χ0n) is 12.2. The molecule has 1 heterocycles. The molecule has 0 saturated heterocycles. The van der Waals surface area contributed by atoms with Crippen molar-refractivity contribution in [2.24, 2.45) is 0 Å². The molecule has 2 aromatic carbocycles. The molecule has 0 spiro atoms. The van der Waals surface area contributed by atoms with Crippen LogP contribution in [0, 0.1) is 11.6 Å². The highest BCUT2D eigenvalue weighted by Gasteiger charge is 2.26. The normalized spacial score (nSPS) is 13.3. The summed E-state index contributed by atoms with van der Waals surface area (Å²) >= 11 is 5.92. The third kappa shape index (κ3) is 3.30. The first-order valence-electron chi connectivity index (χ1n) is 6.93. The molecular weight excluding hydrogens is 342 g/mol. The molecule has 2 aromatic rings. The van der Waals surface area contributed by atoms with Crippen LogP contribution in [0.3, 0.4) is 0 Å². The molecule has 1 aliphatic heterocycles. The predicted molar refractivity (Wildman–Crippen MR) is 84.3 cm³/mol. The van der Waals surface area contributed by atoms with Crippen LogP contribution < -0.4 is 15.0 Å². The molecule has 3 rings (SSSR count). The second-order valence-corrected chi connectivity index (χ2v) is 5.52. The minimum absolute atomic E-state index is 0.180. The Balaban J connectivity index is 1.80. The van der Waals surface area contributed by atoms with Crippen LogP contribution in [-0.4, -0.2) is 25.0 Å². The fourth-order valence-corrected chi connectivity index (χ4v) is 2.50. The lowest BCUT2D eigenvalue weighted by Crippen LogP contribution is -2.41. The van der Waals surface area contributed by atoms with Gasteiger partial charge in [-0.2, -0.15) is 0 Å². The maximum atomic E-state index is 13.6. The number of nitrogens with zero attached hydrogens (tertiary/aromatic N) is 1. The van der Waals surface area contributed by atoms with Crippen LogP contribution in [0.2, 0.25) is 5.02 Å². The standard InChI is InChI=1S/C16H11ClF2N2O3/c17-9-4-5-13-12(6-9)21(8-15(23)24-13)7-14(22)20-16-10(18)2-1-3-11(16)19/h1-6H,7-8H2,(H,20,22). The Bertz CT molecular complexity index is 809. The molecule has 1 N–H and O–H groups in total. The van der Waals surface area contributed by atoms with E-state index in [1.54, 1.807) is 12.1 Å². The summed E-state index contributed by atoms with van der Waals surface area (Å²) in [6, 6.07) is 7.86. The first kappa shape index (κ1) is 16.2. The number of halogens is 3. The summed E-state index contributed by atoms with van der Waals surface area (Å²) in [5, 5.41) is 2.57. The van der Waals surface area contributed by atoms with Crippen LogP contribution in [0.25, 0.3) is 0 Å². The van der Waals surface area contributed by atoms with E-state index in [0.717, 1.165) is 12.1 Å². The van der Waals surface area contributed by atoms with Gasteiger partial charge in [0.05, 0.1) is 12.2 Å². The molecule has 0 unspecified atom stereocenters. The first-order valence-corrected chi connectivity index (χ1v) is 7.31. The summed E-state index contributed by atoms with van der Waals surface area (Å²) in [6.45, 7) is -0.475. The van der Waals surface area contributed by atoms with Gasteiger partial charge in [-0.25, -0.2) is 13.6 Å². The summed E-state index contributed by atoms with van der Waals surface area (Å²) in [4.78, 5) is 25.2. The molecule has 8 heteroatoms. The highest BCUT2D eigenvalue weighted by Crippen LogP contribution is 2.34. The van der Waals surface area contributed by atoms with Gasteiger partial charge in [0, 0.05) is 5.02 Å². The second kappa shape index (κ2) is 6.45. The Kier molecular flexibility index (Phi) is 4.35. The number of rotatable bonds is 3. The van der Waals surface area contributed by atoms with Crippen molar-refractivity contribution in [3.8, 4) is 5.75 Å².